The molecule has 0 atom stereocenters. The van der Waals surface area contributed by atoms with E-state index in [1.807, 2.05) is 0 Å². The van der Waals surface area contributed by atoms with Crippen molar-refractivity contribution in [2.75, 3.05) is 13.7 Å². The van der Waals surface area contributed by atoms with Crippen LogP contribution in [0.15, 0.2) is 24.3 Å². The number of hydrogen-bond donors (Lipinski definition) is 3. The molecule has 0 heterocycles. The lowest BCUT2D eigenvalue weighted by atomic mass is 10.1. The Hall–Kier alpha value is -2.08. The third-order valence-electron chi connectivity index (χ3n) is 1.54. The molecule has 2 amide bonds. The molecule has 5 N–H and O–H groups in total. The van der Waals surface area contributed by atoms with Crippen molar-refractivity contribution in [1.29, 1.82) is 0 Å². The van der Waals surface area contributed by atoms with Gasteiger partial charge < -0.3 is 21.3 Å². The van der Waals surface area contributed by atoms with Gasteiger partial charge in [-0.15, -0.1) is 0 Å². The van der Waals surface area contributed by atoms with Gasteiger partial charge in [0.1, 0.15) is 12.4 Å². The SMILES string of the molecule is COc1cccc(C(=O)CO)c1.NC(N)=O. The van der Waals surface area contributed by atoms with E-state index in [0.29, 0.717) is 11.3 Å². The Morgan fingerprint density at radius 1 is 1.38 bits per heavy atom. The molecule has 88 valence electrons. The van der Waals surface area contributed by atoms with Gasteiger partial charge in [-0.1, -0.05) is 12.1 Å². The molecule has 6 nitrogen and oxygen atoms in total. The summed E-state index contributed by atoms with van der Waals surface area (Å²) in [6.45, 7) is -0.465. The molecule has 0 bridgehead atoms. The predicted octanol–water partition coefficient (Wildman–Crippen LogP) is -0.106. The van der Waals surface area contributed by atoms with E-state index >= 15 is 0 Å². The lowest BCUT2D eigenvalue weighted by Gasteiger charge is -2.01. The Kier molecular flexibility index (Phi) is 6.30. The molecular weight excluding hydrogens is 212 g/mol. The van der Waals surface area contributed by atoms with Crippen LogP contribution < -0.4 is 16.2 Å². The van der Waals surface area contributed by atoms with Gasteiger partial charge in [-0.25, -0.2) is 4.79 Å². The van der Waals surface area contributed by atoms with Gasteiger partial charge in [0, 0.05) is 5.56 Å². The monoisotopic (exact) mass is 226 g/mol. The minimum absolute atomic E-state index is 0.297. The molecule has 0 aliphatic carbocycles. The Morgan fingerprint density at radius 2 is 1.94 bits per heavy atom. The van der Waals surface area contributed by atoms with Gasteiger partial charge in [0.15, 0.2) is 5.78 Å². The summed E-state index contributed by atoms with van der Waals surface area (Å²) >= 11 is 0. The number of carbonyl (C=O) groups excluding carboxylic acids is 2. The molecule has 0 fully saturated rings. The topological polar surface area (TPSA) is 116 Å². The highest BCUT2D eigenvalue weighted by molar-refractivity contribution is 5.97. The van der Waals surface area contributed by atoms with E-state index in [4.69, 9.17) is 14.6 Å². The van der Waals surface area contributed by atoms with Gasteiger partial charge in [0.2, 0.25) is 0 Å². The fourth-order valence-electron chi connectivity index (χ4n) is 0.888. The molecule has 1 aromatic rings. The smallest absolute Gasteiger partial charge is 0.309 e. The van der Waals surface area contributed by atoms with E-state index < -0.39 is 12.6 Å². The molecule has 6 heteroatoms. The number of carbonyl (C=O) groups is 2. The zero-order valence-electron chi connectivity index (χ0n) is 8.84. The first kappa shape index (κ1) is 13.9. The van der Waals surface area contributed by atoms with E-state index in [9.17, 15) is 4.79 Å². The number of methoxy groups -OCH3 is 1. The van der Waals surface area contributed by atoms with Crippen molar-refractivity contribution in [3.8, 4) is 5.75 Å². The van der Waals surface area contributed by atoms with Crippen molar-refractivity contribution in [1.82, 2.24) is 0 Å². The summed E-state index contributed by atoms with van der Waals surface area (Å²) in [4.78, 5) is 20.0. The molecule has 16 heavy (non-hydrogen) atoms. The highest BCUT2D eigenvalue weighted by Crippen LogP contribution is 2.12. The molecule has 0 radical (unpaired) electrons. The molecule has 0 aromatic heterocycles. The van der Waals surface area contributed by atoms with Gasteiger partial charge >= 0.3 is 6.03 Å². The van der Waals surface area contributed by atoms with E-state index in [2.05, 4.69) is 11.5 Å². The molecule has 0 saturated carbocycles. The Labute approximate surface area is 92.8 Å². The van der Waals surface area contributed by atoms with Crippen molar-refractivity contribution in [2.24, 2.45) is 11.5 Å². The number of urea groups is 1. The van der Waals surface area contributed by atoms with Crippen molar-refractivity contribution >= 4 is 11.8 Å². The number of hydrogen-bond acceptors (Lipinski definition) is 4. The van der Waals surface area contributed by atoms with Crippen LogP contribution in [0.3, 0.4) is 0 Å². The maximum atomic E-state index is 11.0. The summed E-state index contributed by atoms with van der Waals surface area (Å²) in [6, 6.07) is 5.86. The van der Waals surface area contributed by atoms with Crippen LogP contribution in [0.25, 0.3) is 0 Å². The molecule has 0 aliphatic heterocycles. The van der Waals surface area contributed by atoms with Crippen molar-refractivity contribution in [2.45, 2.75) is 0 Å². The zero-order chi connectivity index (χ0) is 12.6. The average molecular weight is 226 g/mol. The zero-order valence-corrected chi connectivity index (χ0v) is 8.84. The normalized spacial score (nSPS) is 8.62. The highest BCUT2D eigenvalue weighted by Gasteiger charge is 2.03. The lowest BCUT2D eigenvalue weighted by Crippen LogP contribution is -2.18. The minimum Gasteiger partial charge on any atom is -0.497 e. The number of ketones is 1. The van der Waals surface area contributed by atoms with Crippen molar-refractivity contribution in [3.05, 3.63) is 29.8 Å². The third-order valence-corrected chi connectivity index (χ3v) is 1.54. The molecular formula is C10H14N2O4. The third kappa shape index (κ3) is 5.61. The van der Waals surface area contributed by atoms with Crippen LogP contribution in [-0.4, -0.2) is 30.6 Å². The van der Waals surface area contributed by atoms with Crippen molar-refractivity contribution in [3.63, 3.8) is 0 Å². The fraction of sp³-hybridized carbons (Fsp3) is 0.200. The van der Waals surface area contributed by atoms with Gasteiger partial charge in [-0.3, -0.25) is 4.79 Å². The first-order valence-electron chi connectivity index (χ1n) is 4.34. The Balaban J connectivity index is 0.000000487. The van der Waals surface area contributed by atoms with Crippen LogP contribution >= 0.6 is 0 Å². The number of primary amides is 2. The van der Waals surface area contributed by atoms with E-state index in [1.165, 1.54) is 7.11 Å². The van der Waals surface area contributed by atoms with Crippen LogP contribution in [0.1, 0.15) is 10.4 Å². The van der Waals surface area contributed by atoms with Crippen LogP contribution in [0, 0.1) is 0 Å². The predicted molar refractivity (Wildman–Crippen MR) is 58.2 cm³/mol. The quantitative estimate of drug-likeness (QED) is 0.623. The summed E-state index contributed by atoms with van der Waals surface area (Å²) in [5.74, 6) is 0.322. The van der Waals surface area contributed by atoms with E-state index in [1.54, 1.807) is 24.3 Å². The second-order valence-corrected chi connectivity index (χ2v) is 2.72. The number of nitrogens with two attached hydrogens (primary N) is 2. The fourth-order valence-corrected chi connectivity index (χ4v) is 0.888. The van der Waals surface area contributed by atoms with Gasteiger partial charge in [-0.2, -0.15) is 0 Å². The number of aliphatic hydroxyl groups is 1. The van der Waals surface area contributed by atoms with Crippen LogP contribution in [0.4, 0.5) is 4.79 Å². The van der Waals surface area contributed by atoms with Crippen LogP contribution in [-0.2, 0) is 0 Å². The Morgan fingerprint density at radius 3 is 2.38 bits per heavy atom. The van der Waals surface area contributed by atoms with E-state index in [-0.39, 0.29) is 5.78 Å². The second-order valence-electron chi connectivity index (χ2n) is 2.72. The highest BCUT2D eigenvalue weighted by atomic mass is 16.5. The molecule has 0 unspecified atom stereocenters. The maximum Gasteiger partial charge on any atom is 0.309 e. The molecule has 0 spiro atoms. The van der Waals surface area contributed by atoms with Crippen molar-refractivity contribution < 1.29 is 19.4 Å². The van der Waals surface area contributed by atoms with Gasteiger partial charge in [0.05, 0.1) is 7.11 Å². The van der Waals surface area contributed by atoms with E-state index in [0.717, 1.165) is 0 Å². The summed E-state index contributed by atoms with van der Waals surface area (Å²) in [6.07, 6.45) is 0. The average Bonchev–Trinajstić information content (AvgIpc) is 2.27. The number of benzene rings is 1. The first-order valence-corrected chi connectivity index (χ1v) is 4.34. The molecule has 1 rings (SSSR count). The number of aliphatic hydroxyl groups excluding tert-OH is 1. The number of rotatable bonds is 3. The first-order chi connectivity index (χ1) is 7.51. The summed E-state index contributed by atoms with van der Waals surface area (Å²) in [7, 11) is 1.53. The molecule has 1 aromatic carbocycles. The van der Waals surface area contributed by atoms with Crippen LogP contribution in [0.5, 0.6) is 5.75 Å². The maximum absolute atomic E-state index is 11.0. The summed E-state index contributed by atoms with van der Waals surface area (Å²) in [5.41, 5.74) is 8.97. The molecule has 0 aliphatic rings. The Bertz CT molecular complexity index is 362. The molecule has 0 saturated heterocycles. The summed E-state index contributed by atoms with van der Waals surface area (Å²) in [5, 5.41) is 8.56. The van der Waals surface area contributed by atoms with Crippen LogP contribution in [0.2, 0.25) is 0 Å². The number of amides is 2. The lowest BCUT2D eigenvalue weighted by molar-refractivity contribution is 0.0903. The summed E-state index contributed by atoms with van der Waals surface area (Å²) < 4.78 is 4.92. The second kappa shape index (κ2) is 7.24. The van der Waals surface area contributed by atoms with Gasteiger partial charge in [-0.05, 0) is 12.1 Å². The minimum atomic E-state index is -0.833. The number of Topliss-reactive ketones (excluding diaryl/α,β-unsaturated/α-hetero) is 1. The number of ether oxygens (including phenoxy) is 1. The largest absolute Gasteiger partial charge is 0.497 e. The van der Waals surface area contributed by atoms with Gasteiger partial charge in [0.25, 0.3) is 0 Å². The standard InChI is InChI=1S/C9H10O3.CH4N2O/c1-12-8-4-2-3-7(5-8)9(11)6-10;2-1(3)4/h2-5,10H,6H2,1H3;(H4,2,3,4).